The van der Waals surface area contributed by atoms with E-state index in [-0.39, 0.29) is 36.2 Å². The first-order valence-electron chi connectivity index (χ1n) is 12.7. The fourth-order valence-corrected chi connectivity index (χ4v) is 7.36. The summed E-state index contributed by atoms with van der Waals surface area (Å²) < 4.78 is 16.0. The highest BCUT2D eigenvalue weighted by Gasteiger charge is 2.59. The van der Waals surface area contributed by atoms with E-state index in [0.29, 0.717) is 42.6 Å². The molecule has 2 aromatic rings. The third-order valence-corrected chi connectivity index (χ3v) is 9.57. The second-order valence-electron chi connectivity index (χ2n) is 10.6. The highest BCUT2D eigenvalue weighted by molar-refractivity contribution is 7.15. The maximum atomic E-state index is 13.0. The van der Waals surface area contributed by atoms with Crippen molar-refractivity contribution < 1.29 is 29.2 Å². The van der Waals surface area contributed by atoms with Gasteiger partial charge >= 0.3 is 0 Å². The lowest BCUT2D eigenvalue weighted by molar-refractivity contribution is -0.144. The monoisotopic (exact) mass is 533 g/mol. The SMILES string of the molecule is COCCNC(=O)C[C@@H]1c2nc(Nc3cc(OC)ccc3OC)sc2C[C@@H]2[C@](C)(CO)[C@H](O)CC[C@]21C. The Labute approximate surface area is 222 Å². The molecule has 0 saturated heterocycles. The number of fused-ring (bicyclic) bond motifs is 2. The quantitative estimate of drug-likeness (QED) is 0.343. The van der Waals surface area contributed by atoms with Crippen molar-refractivity contribution in [1.29, 1.82) is 0 Å². The number of aromatic nitrogens is 1. The number of carbonyl (C=O) groups is 1. The van der Waals surface area contributed by atoms with Gasteiger partial charge in [0.2, 0.25) is 5.91 Å². The van der Waals surface area contributed by atoms with Crippen molar-refractivity contribution in [3.05, 3.63) is 28.8 Å². The Bertz CT molecular complexity index is 1110. The molecule has 5 atom stereocenters. The highest BCUT2D eigenvalue weighted by Crippen LogP contribution is 2.63. The zero-order valence-electron chi connectivity index (χ0n) is 22.3. The van der Waals surface area contributed by atoms with Gasteiger partial charge in [-0.2, -0.15) is 0 Å². The van der Waals surface area contributed by atoms with Gasteiger partial charge in [0.05, 0.1) is 44.9 Å². The zero-order chi connectivity index (χ0) is 26.8. The molecule has 9 nitrogen and oxygen atoms in total. The van der Waals surface area contributed by atoms with Crippen molar-refractivity contribution in [2.45, 2.75) is 51.6 Å². The molecule has 2 aliphatic rings. The smallest absolute Gasteiger partial charge is 0.220 e. The molecule has 1 fully saturated rings. The van der Waals surface area contributed by atoms with Gasteiger partial charge in [-0.1, -0.05) is 13.8 Å². The molecule has 0 aliphatic heterocycles. The molecular weight excluding hydrogens is 494 g/mol. The lowest BCUT2D eigenvalue weighted by Gasteiger charge is -2.58. The second kappa shape index (κ2) is 11.1. The molecule has 1 aromatic heterocycles. The van der Waals surface area contributed by atoms with Gasteiger partial charge in [-0.15, -0.1) is 11.3 Å². The van der Waals surface area contributed by atoms with E-state index >= 15 is 0 Å². The standard InChI is InChI=1S/C27H39N3O6S/c1-26-9-8-22(32)27(2,15-31)21(26)14-20-24(17(26)13-23(33)28-10-11-34-3)30-25(37-20)29-18-12-16(35-4)6-7-19(18)36-5/h6-7,12,17,21-22,31-32H,8-11,13-15H2,1-5H3,(H,28,33)(H,29,30)/t17-,21+,22-,26+,27+/m1/s1. The summed E-state index contributed by atoms with van der Waals surface area (Å²) in [6.45, 7) is 4.96. The van der Waals surface area contributed by atoms with Gasteiger partial charge in [0, 0.05) is 42.4 Å². The van der Waals surface area contributed by atoms with Crippen LogP contribution in [-0.4, -0.2) is 68.3 Å². The fraction of sp³-hybridized carbons (Fsp3) is 0.630. The van der Waals surface area contributed by atoms with E-state index in [0.717, 1.165) is 22.7 Å². The lowest BCUT2D eigenvalue weighted by Crippen LogP contribution is -2.57. The third kappa shape index (κ3) is 5.16. The van der Waals surface area contributed by atoms with Crippen molar-refractivity contribution in [3.63, 3.8) is 0 Å². The number of rotatable bonds is 10. The summed E-state index contributed by atoms with van der Waals surface area (Å²) in [5, 5.41) is 28.4. The number of aliphatic hydroxyl groups excluding tert-OH is 2. The largest absolute Gasteiger partial charge is 0.497 e. The summed E-state index contributed by atoms with van der Waals surface area (Å²) in [5.74, 6) is 1.16. The van der Waals surface area contributed by atoms with Gasteiger partial charge in [0.25, 0.3) is 0 Å². The Balaban J connectivity index is 1.72. The van der Waals surface area contributed by atoms with E-state index in [1.807, 2.05) is 25.1 Å². The van der Waals surface area contributed by atoms with Crippen molar-refractivity contribution in [3.8, 4) is 11.5 Å². The first-order chi connectivity index (χ1) is 17.7. The zero-order valence-corrected chi connectivity index (χ0v) is 23.1. The molecule has 2 aliphatic carbocycles. The first kappa shape index (κ1) is 27.6. The van der Waals surface area contributed by atoms with Crippen molar-refractivity contribution >= 4 is 28.1 Å². The number of ether oxygens (including phenoxy) is 3. The highest BCUT2D eigenvalue weighted by atomic mass is 32.1. The number of nitrogens with one attached hydrogen (secondary N) is 2. The Morgan fingerprint density at radius 1 is 1.24 bits per heavy atom. The third-order valence-electron chi connectivity index (χ3n) is 8.56. The number of methoxy groups -OCH3 is 3. The molecule has 1 heterocycles. The van der Waals surface area contributed by atoms with Crippen LogP contribution >= 0.6 is 11.3 Å². The van der Waals surface area contributed by atoms with E-state index in [2.05, 4.69) is 17.6 Å². The van der Waals surface area contributed by atoms with E-state index in [1.54, 1.807) is 32.7 Å². The Morgan fingerprint density at radius 2 is 2.03 bits per heavy atom. The number of nitrogens with zero attached hydrogens (tertiary/aromatic N) is 1. The number of aliphatic hydroxyl groups is 2. The first-order valence-corrected chi connectivity index (χ1v) is 13.5. The summed E-state index contributed by atoms with van der Waals surface area (Å²) in [6, 6.07) is 5.54. The van der Waals surface area contributed by atoms with Gasteiger partial charge in [-0.05, 0) is 42.7 Å². The maximum absolute atomic E-state index is 13.0. The molecule has 1 saturated carbocycles. The molecule has 10 heteroatoms. The van der Waals surface area contributed by atoms with Crippen molar-refractivity contribution in [2.75, 3.05) is 46.4 Å². The van der Waals surface area contributed by atoms with E-state index in [4.69, 9.17) is 19.2 Å². The van der Waals surface area contributed by atoms with Gasteiger partial charge in [-0.25, -0.2) is 4.98 Å². The van der Waals surface area contributed by atoms with Gasteiger partial charge < -0.3 is 35.1 Å². The Kier molecular flexibility index (Phi) is 8.32. The molecule has 0 radical (unpaired) electrons. The number of thiazole rings is 1. The minimum Gasteiger partial charge on any atom is -0.497 e. The fourth-order valence-electron chi connectivity index (χ4n) is 6.28. The number of hydrogen-bond acceptors (Lipinski definition) is 9. The minimum atomic E-state index is -0.664. The van der Waals surface area contributed by atoms with E-state index in [9.17, 15) is 15.0 Å². The van der Waals surface area contributed by atoms with Crippen LogP contribution in [0.15, 0.2) is 18.2 Å². The van der Waals surface area contributed by atoms with Crippen LogP contribution in [0, 0.1) is 16.7 Å². The Morgan fingerprint density at radius 3 is 2.70 bits per heavy atom. The van der Waals surface area contributed by atoms with E-state index < -0.39 is 11.5 Å². The average Bonchev–Trinajstić information content (AvgIpc) is 3.29. The van der Waals surface area contributed by atoms with Gasteiger partial charge in [-0.3, -0.25) is 4.79 Å². The molecule has 0 spiro atoms. The summed E-state index contributed by atoms with van der Waals surface area (Å²) in [7, 11) is 4.84. The van der Waals surface area contributed by atoms with Crippen molar-refractivity contribution in [2.24, 2.45) is 16.7 Å². The van der Waals surface area contributed by atoms with Crippen LogP contribution < -0.4 is 20.1 Å². The minimum absolute atomic E-state index is 0.00215. The molecule has 204 valence electrons. The summed E-state index contributed by atoms with van der Waals surface area (Å²) in [6.07, 6.45) is 1.72. The summed E-state index contributed by atoms with van der Waals surface area (Å²) in [5.41, 5.74) is 0.692. The lowest BCUT2D eigenvalue weighted by atomic mass is 9.47. The van der Waals surface area contributed by atoms with Crippen LogP contribution in [0.1, 0.15) is 49.6 Å². The van der Waals surface area contributed by atoms with Crippen LogP contribution in [0.5, 0.6) is 11.5 Å². The molecule has 0 bridgehead atoms. The predicted molar refractivity (Wildman–Crippen MR) is 143 cm³/mol. The molecule has 1 aromatic carbocycles. The molecule has 4 rings (SSSR count). The van der Waals surface area contributed by atoms with Gasteiger partial charge in [0.15, 0.2) is 5.13 Å². The molecule has 1 amide bonds. The maximum Gasteiger partial charge on any atom is 0.220 e. The molecule has 4 N–H and O–H groups in total. The van der Waals surface area contributed by atoms with Crippen LogP contribution in [-0.2, 0) is 16.0 Å². The predicted octanol–water partition coefficient (Wildman–Crippen LogP) is 3.47. The number of amides is 1. The van der Waals surface area contributed by atoms with Crippen LogP contribution in [0.3, 0.4) is 0 Å². The molecule has 37 heavy (non-hydrogen) atoms. The summed E-state index contributed by atoms with van der Waals surface area (Å²) in [4.78, 5) is 19.1. The number of carbonyl (C=O) groups excluding carboxylic acids is 1. The number of anilines is 2. The molecular formula is C27H39N3O6S. The number of hydrogen-bond donors (Lipinski definition) is 4. The van der Waals surface area contributed by atoms with Crippen LogP contribution in [0.25, 0.3) is 0 Å². The van der Waals surface area contributed by atoms with Crippen molar-refractivity contribution in [1.82, 2.24) is 10.3 Å². The Hall–Kier alpha value is -2.40. The molecule has 0 unspecified atom stereocenters. The average molecular weight is 534 g/mol. The number of benzene rings is 1. The van der Waals surface area contributed by atoms with E-state index in [1.165, 1.54) is 0 Å². The van der Waals surface area contributed by atoms with Crippen LogP contribution in [0.2, 0.25) is 0 Å². The topological polar surface area (TPSA) is 122 Å². The normalized spacial score (nSPS) is 28.7. The van der Waals surface area contributed by atoms with Crippen LogP contribution in [0.4, 0.5) is 10.8 Å². The second-order valence-corrected chi connectivity index (χ2v) is 11.7. The summed E-state index contributed by atoms with van der Waals surface area (Å²) >= 11 is 1.55. The van der Waals surface area contributed by atoms with Gasteiger partial charge in [0.1, 0.15) is 11.5 Å².